The van der Waals surface area contributed by atoms with Crippen LogP contribution in [0.5, 0.6) is 0 Å². The summed E-state index contributed by atoms with van der Waals surface area (Å²) >= 11 is 0. The van der Waals surface area contributed by atoms with Crippen LogP contribution in [0.2, 0.25) is 0 Å². The Kier molecular flexibility index (Phi) is 3.08. The van der Waals surface area contributed by atoms with E-state index < -0.39 is 6.09 Å². The van der Waals surface area contributed by atoms with Gasteiger partial charge in [0.25, 0.3) is 0 Å². The Hall–Kier alpha value is -1.58. The predicted octanol–water partition coefficient (Wildman–Crippen LogP) is 2.68. The monoisotopic (exact) mass is 223 g/mol. The molecule has 0 aromatic heterocycles. The molecular formula is C12H14FNO2. The molecule has 1 saturated heterocycles. The highest BCUT2D eigenvalue weighted by molar-refractivity contribution is 5.65. The molecule has 0 atom stereocenters. The number of likely N-dealkylation sites (tertiary alicyclic amines) is 1. The van der Waals surface area contributed by atoms with Crippen molar-refractivity contribution < 1.29 is 14.3 Å². The number of amides is 1. The lowest BCUT2D eigenvalue weighted by atomic mass is 9.89. The summed E-state index contributed by atoms with van der Waals surface area (Å²) in [5, 5.41) is 8.81. The number of hydrogen-bond acceptors (Lipinski definition) is 1. The first-order valence-electron chi connectivity index (χ1n) is 5.40. The predicted molar refractivity (Wildman–Crippen MR) is 58.0 cm³/mol. The summed E-state index contributed by atoms with van der Waals surface area (Å²) in [6.07, 6.45) is 0.684. The van der Waals surface area contributed by atoms with Gasteiger partial charge in [0.05, 0.1) is 0 Å². The normalized spacial score (nSPS) is 17.4. The molecule has 1 aromatic carbocycles. The Morgan fingerprint density at radius 1 is 1.38 bits per heavy atom. The molecule has 2 rings (SSSR count). The van der Waals surface area contributed by atoms with Crippen molar-refractivity contribution in [3.8, 4) is 0 Å². The van der Waals surface area contributed by atoms with Gasteiger partial charge in [0.15, 0.2) is 0 Å². The van der Waals surface area contributed by atoms with Crippen LogP contribution in [0.25, 0.3) is 0 Å². The fourth-order valence-corrected chi connectivity index (χ4v) is 2.16. The summed E-state index contributed by atoms with van der Waals surface area (Å²) in [7, 11) is 0. The summed E-state index contributed by atoms with van der Waals surface area (Å²) in [4.78, 5) is 12.1. The first kappa shape index (κ1) is 10.9. The molecule has 4 heteroatoms. The first-order valence-corrected chi connectivity index (χ1v) is 5.40. The zero-order chi connectivity index (χ0) is 11.5. The third-order valence-electron chi connectivity index (χ3n) is 3.09. The Morgan fingerprint density at radius 3 is 2.62 bits per heavy atom. The largest absolute Gasteiger partial charge is 0.465 e. The van der Waals surface area contributed by atoms with Crippen molar-refractivity contribution in [2.24, 2.45) is 0 Å². The highest BCUT2D eigenvalue weighted by atomic mass is 19.1. The van der Waals surface area contributed by atoms with Crippen LogP contribution in [-0.2, 0) is 0 Å². The molecule has 0 saturated carbocycles. The maximum Gasteiger partial charge on any atom is 0.407 e. The Balaban J connectivity index is 2.01. The van der Waals surface area contributed by atoms with Crippen molar-refractivity contribution in [3.63, 3.8) is 0 Å². The Morgan fingerprint density at radius 2 is 2.06 bits per heavy atom. The van der Waals surface area contributed by atoms with E-state index in [1.54, 1.807) is 12.1 Å². The molecule has 0 aliphatic carbocycles. The second kappa shape index (κ2) is 4.51. The fraction of sp³-hybridized carbons (Fsp3) is 0.417. The number of piperidine rings is 1. The number of carboxylic acid groups (broad SMARTS) is 1. The van der Waals surface area contributed by atoms with Gasteiger partial charge in [-0.1, -0.05) is 12.1 Å². The molecule has 0 unspecified atom stereocenters. The summed E-state index contributed by atoms with van der Waals surface area (Å²) in [5.74, 6) is 0.0597. The molecule has 3 nitrogen and oxygen atoms in total. The van der Waals surface area contributed by atoms with Crippen LogP contribution in [0.1, 0.15) is 24.3 Å². The third-order valence-corrected chi connectivity index (χ3v) is 3.09. The van der Waals surface area contributed by atoms with E-state index in [0.29, 0.717) is 13.1 Å². The second-order valence-electron chi connectivity index (χ2n) is 4.10. The average Bonchev–Trinajstić information content (AvgIpc) is 2.29. The molecule has 1 aliphatic heterocycles. The van der Waals surface area contributed by atoms with Gasteiger partial charge < -0.3 is 10.0 Å². The van der Waals surface area contributed by atoms with Crippen molar-refractivity contribution in [2.75, 3.05) is 13.1 Å². The van der Waals surface area contributed by atoms with Gasteiger partial charge in [-0.15, -0.1) is 0 Å². The zero-order valence-corrected chi connectivity index (χ0v) is 8.90. The van der Waals surface area contributed by atoms with Gasteiger partial charge in [-0.3, -0.25) is 0 Å². The second-order valence-corrected chi connectivity index (χ2v) is 4.10. The lowest BCUT2D eigenvalue weighted by molar-refractivity contribution is 0.132. The molecule has 0 bridgehead atoms. The van der Waals surface area contributed by atoms with Crippen LogP contribution in [0.4, 0.5) is 9.18 Å². The van der Waals surface area contributed by atoms with Gasteiger partial charge in [0.1, 0.15) is 5.82 Å². The van der Waals surface area contributed by atoms with Gasteiger partial charge in [0, 0.05) is 13.1 Å². The summed E-state index contributed by atoms with van der Waals surface area (Å²) in [6, 6.07) is 6.58. The van der Waals surface area contributed by atoms with E-state index in [-0.39, 0.29) is 11.7 Å². The van der Waals surface area contributed by atoms with Crippen molar-refractivity contribution >= 4 is 6.09 Å². The van der Waals surface area contributed by atoms with Crippen LogP contribution in [0.15, 0.2) is 24.3 Å². The van der Waals surface area contributed by atoms with Gasteiger partial charge in [0.2, 0.25) is 0 Å². The zero-order valence-electron chi connectivity index (χ0n) is 8.90. The van der Waals surface area contributed by atoms with Crippen molar-refractivity contribution in [1.82, 2.24) is 4.90 Å². The number of nitrogens with zero attached hydrogens (tertiary/aromatic N) is 1. The van der Waals surface area contributed by atoms with E-state index in [0.717, 1.165) is 18.4 Å². The Bertz CT molecular complexity index is 386. The SMILES string of the molecule is O=C(O)N1CCC(c2cccc(F)c2)CC1. The van der Waals surface area contributed by atoms with E-state index >= 15 is 0 Å². The molecule has 1 aliphatic rings. The van der Waals surface area contributed by atoms with E-state index in [2.05, 4.69) is 0 Å². The van der Waals surface area contributed by atoms with Gasteiger partial charge in [-0.2, -0.15) is 0 Å². The molecule has 0 spiro atoms. The minimum atomic E-state index is -0.863. The molecule has 86 valence electrons. The van der Waals surface area contributed by atoms with E-state index in [9.17, 15) is 9.18 Å². The van der Waals surface area contributed by atoms with Gasteiger partial charge in [-0.05, 0) is 36.5 Å². The average molecular weight is 223 g/mol. The number of rotatable bonds is 1. The summed E-state index contributed by atoms with van der Waals surface area (Å²) in [6.45, 7) is 1.08. The topological polar surface area (TPSA) is 40.5 Å². The van der Waals surface area contributed by atoms with Crippen LogP contribution in [0.3, 0.4) is 0 Å². The fourth-order valence-electron chi connectivity index (χ4n) is 2.16. The third kappa shape index (κ3) is 2.32. The van der Waals surface area contributed by atoms with Crippen molar-refractivity contribution in [1.29, 1.82) is 0 Å². The highest BCUT2D eigenvalue weighted by Gasteiger charge is 2.23. The maximum absolute atomic E-state index is 13.0. The molecule has 16 heavy (non-hydrogen) atoms. The van der Waals surface area contributed by atoms with Crippen LogP contribution in [0, 0.1) is 5.82 Å². The standard InChI is InChI=1S/C12H14FNO2/c13-11-3-1-2-10(8-11)9-4-6-14(7-5-9)12(15)16/h1-3,8-9H,4-7H2,(H,15,16). The Labute approximate surface area is 93.5 Å². The van der Waals surface area contributed by atoms with Crippen LogP contribution in [-0.4, -0.2) is 29.2 Å². The highest BCUT2D eigenvalue weighted by Crippen LogP contribution is 2.28. The number of hydrogen-bond donors (Lipinski definition) is 1. The van der Waals surface area contributed by atoms with Crippen molar-refractivity contribution in [3.05, 3.63) is 35.6 Å². The molecule has 1 heterocycles. The lowest BCUT2D eigenvalue weighted by Gasteiger charge is -2.30. The minimum absolute atomic E-state index is 0.224. The molecule has 1 fully saturated rings. The molecule has 1 N–H and O–H groups in total. The molecule has 1 amide bonds. The van der Waals surface area contributed by atoms with Crippen LogP contribution >= 0.6 is 0 Å². The minimum Gasteiger partial charge on any atom is -0.465 e. The maximum atomic E-state index is 13.0. The quantitative estimate of drug-likeness (QED) is 0.795. The molecule has 0 radical (unpaired) electrons. The van der Waals surface area contributed by atoms with Gasteiger partial charge in [-0.25, -0.2) is 9.18 Å². The number of benzene rings is 1. The lowest BCUT2D eigenvalue weighted by Crippen LogP contribution is -2.36. The summed E-state index contributed by atoms with van der Waals surface area (Å²) in [5.41, 5.74) is 0.977. The van der Waals surface area contributed by atoms with E-state index in [4.69, 9.17) is 5.11 Å². The van der Waals surface area contributed by atoms with Gasteiger partial charge >= 0.3 is 6.09 Å². The number of carbonyl (C=O) groups is 1. The van der Waals surface area contributed by atoms with Crippen LogP contribution < -0.4 is 0 Å². The summed E-state index contributed by atoms with van der Waals surface area (Å²) < 4.78 is 13.0. The number of halogens is 1. The molecule has 1 aromatic rings. The molecular weight excluding hydrogens is 209 g/mol. The first-order chi connectivity index (χ1) is 7.66. The van der Waals surface area contributed by atoms with E-state index in [1.807, 2.05) is 6.07 Å². The smallest absolute Gasteiger partial charge is 0.407 e. The van der Waals surface area contributed by atoms with Crippen molar-refractivity contribution in [2.45, 2.75) is 18.8 Å². The van der Waals surface area contributed by atoms with E-state index in [1.165, 1.54) is 11.0 Å².